The van der Waals surface area contributed by atoms with Crippen molar-refractivity contribution in [1.82, 2.24) is 9.62 Å². The van der Waals surface area contributed by atoms with Crippen molar-refractivity contribution < 1.29 is 67.2 Å². The lowest BCUT2D eigenvalue weighted by Gasteiger charge is -2.53. The number of hydrogen-bond acceptors (Lipinski definition) is 16. The molecule has 0 aromatic heterocycles. The molecular weight excluding hydrogens is 862 g/mol. The molecule has 0 unspecified atom stereocenters. The minimum Gasteiger partial charge on any atom is -0.459 e. The van der Waals surface area contributed by atoms with Crippen molar-refractivity contribution in [1.29, 1.82) is 5.26 Å². The number of nitrogens with one attached hydrogen (secondary N) is 1. The average Bonchev–Trinajstić information content (AvgIpc) is 3.21. The summed E-state index contributed by atoms with van der Waals surface area (Å²) in [6.07, 6.45) is -11.1. The van der Waals surface area contributed by atoms with Crippen LogP contribution in [0, 0.1) is 29.1 Å². The van der Waals surface area contributed by atoms with Gasteiger partial charge in [0.1, 0.15) is 35.1 Å². The molecule has 1 aromatic carbocycles. The summed E-state index contributed by atoms with van der Waals surface area (Å²) in [5.74, 6) is -3.28. The number of nitriles is 1. The highest BCUT2D eigenvalue weighted by Gasteiger charge is 2.58. The van der Waals surface area contributed by atoms with Gasteiger partial charge in [-0.1, -0.05) is 32.4 Å². The van der Waals surface area contributed by atoms with Crippen LogP contribution in [-0.2, 0) is 43.2 Å². The number of ether oxygens (including phenoxy) is 6. The van der Waals surface area contributed by atoms with E-state index in [0.717, 1.165) is 4.31 Å². The molecule has 4 rings (SSSR count). The quantitative estimate of drug-likeness (QED) is 0.184. The Bertz CT molecular complexity index is 1840. The Morgan fingerprint density at radius 3 is 2.19 bits per heavy atom. The third-order valence-corrected chi connectivity index (χ3v) is 16.0. The van der Waals surface area contributed by atoms with Crippen molar-refractivity contribution in [2.24, 2.45) is 17.8 Å². The van der Waals surface area contributed by atoms with Crippen LogP contribution < -0.4 is 5.32 Å². The van der Waals surface area contributed by atoms with Gasteiger partial charge in [-0.15, -0.1) is 0 Å². The van der Waals surface area contributed by atoms with E-state index >= 15 is 0 Å². The molecule has 17 nitrogen and oxygen atoms in total. The molecule has 3 heterocycles. The summed E-state index contributed by atoms with van der Waals surface area (Å²) in [7, 11) is -1.40. The molecular formula is C44H72ClN3O14S. The Kier molecular flexibility index (Phi) is 17.7. The molecule has 3 aliphatic rings. The van der Waals surface area contributed by atoms with Crippen LogP contribution in [0.4, 0.5) is 0 Å². The number of methoxy groups -OCH3 is 1. The van der Waals surface area contributed by atoms with Gasteiger partial charge < -0.3 is 59.3 Å². The van der Waals surface area contributed by atoms with Gasteiger partial charge in [-0.05, 0) is 104 Å². The van der Waals surface area contributed by atoms with Crippen molar-refractivity contribution in [2.45, 2.75) is 196 Å². The summed E-state index contributed by atoms with van der Waals surface area (Å²) in [5.41, 5.74) is -6.80. The summed E-state index contributed by atoms with van der Waals surface area (Å²) in [6, 6.07) is 5.93. The van der Waals surface area contributed by atoms with Crippen molar-refractivity contribution in [3.8, 4) is 6.07 Å². The molecule has 0 radical (unpaired) electrons. The van der Waals surface area contributed by atoms with Crippen LogP contribution in [-0.4, -0.2) is 155 Å². The summed E-state index contributed by atoms with van der Waals surface area (Å²) in [5, 5.41) is 72.7. The normalized spacial score (nSPS) is 43.9. The number of carbonyl (C=O) groups is 1. The summed E-state index contributed by atoms with van der Waals surface area (Å²) < 4.78 is 66.6. The van der Waals surface area contributed by atoms with Gasteiger partial charge in [-0.2, -0.15) is 9.57 Å². The number of cyclic esters (lactones) is 1. The van der Waals surface area contributed by atoms with E-state index in [1.165, 1.54) is 45.3 Å². The SMILES string of the molecule is CC[C@H]1OC(=O)[C@H](C)[C@@H](O[C@H]2C[C@@](C)(OC)[C@](O)(CC#N)[C@H](C)O2)[C@H](C)[C@@H](O[C@@H]2O[C@H](C)C[C@H](N(C)S(=O)(=O)c3ccc(Cl)cc3)[C@H]2O)[C@](C)(O)C[C@@H](C)CN[C@H](C)[C@@H](O)[C@]1(C)O. The van der Waals surface area contributed by atoms with E-state index in [2.05, 4.69) is 5.32 Å². The van der Waals surface area contributed by atoms with Crippen molar-refractivity contribution in [3.63, 3.8) is 0 Å². The number of carbonyl (C=O) groups excluding carboxylic acids is 1. The second-order valence-corrected chi connectivity index (χ2v) is 21.3. The third kappa shape index (κ3) is 11.4. The zero-order chi connectivity index (χ0) is 47.6. The second kappa shape index (κ2) is 20.8. The molecule has 3 saturated heterocycles. The van der Waals surface area contributed by atoms with Crippen LogP contribution >= 0.6 is 11.6 Å². The summed E-state index contributed by atoms with van der Waals surface area (Å²) in [6.45, 7) is 16.7. The van der Waals surface area contributed by atoms with Gasteiger partial charge in [0, 0.05) is 37.6 Å². The second-order valence-electron chi connectivity index (χ2n) is 18.9. The lowest BCUT2D eigenvalue weighted by molar-refractivity contribution is -0.336. The predicted molar refractivity (Wildman–Crippen MR) is 231 cm³/mol. The zero-order valence-corrected chi connectivity index (χ0v) is 40.3. The number of nitrogens with zero attached hydrogens (tertiary/aromatic N) is 2. The molecule has 0 saturated carbocycles. The van der Waals surface area contributed by atoms with E-state index in [1.807, 2.05) is 13.0 Å². The number of hydrogen-bond donors (Lipinski definition) is 6. The molecule has 0 amide bonds. The first kappa shape index (κ1) is 53.6. The minimum absolute atomic E-state index is 0.0383. The largest absolute Gasteiger partial charge is 0.459 e. The molecule has 19 heteroatoms. The van der Waals surface area contributed by atoms with Crippen molar-refractivity contribution >= 4 is 27.6 Å². The van der Waals surface area contributed by atoms with E-state index in [1.54, 1.807) is 55.4 Å². The van der Waals surface area contributed by atoms with Crippen LogP contribution in [0.25, 0.3) is 0 Å². The molecule has 1 aromatic rings. The average molecular weight is 935 g/mol. The van der Waals surface area contributed by atoms with Gasteiger partial charge in [0.15, 0.2) is 12.6 Å². The lowest BCUT2D eigenvalue weighted by Crippen LogP contribution is -2.66. The molecule has 3 fully saturated rings. The maximum atomic E-state index is 14.4. The maximum absolute atomic E-state index is 14.4. The lowest BCUT2D eigenvalue weighted by atomic mass is 9.73. The molecule has 0 aliphatic carbocycles. The van der Waals surface area contributed by atoms with Crippen molar-refractivity contribution in [3.05, 3.63) is 29.3 Å². The van der Waals surface area contributed by atoms with E-state index in [4.69, 9.17) is 40.0 Å². The Hall–Kier alpha value is -2.06. The number of benzene rings is 1. The number of aliphatic hydroxyl groups excluding tert-OH is 2. The number of aliphatic hydroxyl groups is 5. The standard InChI is InChI=1S/C44H72ClN3O14S/c1-13-33-43(10,53)37(50)28(6)47-23-24(2)21-41(8,52)38(62-40-35(49)32(20-25(3)58-40)48(11)63(55,56)31-16-14-30(45)15-17-31)26(4)36(27(5)39(51)60-33)61-34-22-42(9,57-12)44(54,18-19-46)29(7)59-34/h14-17,24-29,32-38,40,47,49-50,52-54H,13,18,20-23H2,1-12H3/t24-,25-,26+,27-,28-,29+,32+,33-,34+,35-,36+,37-,38-,40+,41-,42-,43-,44+/m1/s1. The number of rotatable bonds is 10. The fraction of sp³-hybridized carbons (Fsp3) is 0.818. The van der Waals surface area contributed by atoms with Crippen LogP contribution in [0.1, 0.15) is 101 Å². The topological polar surface area (TPSA) is 247 Å². The Labute approximate surface area is 378 Å². The fourth-order valence-corrected chi connectivity index (χ4v) is 11.2. The summed E-state index contributed by atoms with van der Waals surface area (Å²) >= 11 is 6.04. The number of sulfonamides is 1. The van der Waals surface area contributed by atoms with E-state index in [9.17, 15) is 44.0 Å². The monoisotopic (exact) mass is 933 g/mol. The highest BCUT2D eigenvalue weighted by molar-refractivity contribution is 7.89. The predicted octanol–water partition coefficient (Wildman–Crippen LogP) is 3.25. The minimum atomic E-state index is -4.16. The first-order valence-electron chi connectivity index (χ1n) is 21.9. The Morgan fingerprint density at radius 1 is 1.00 bits per heavy atom. The van der Waals surface area contributed by atoms with Gasteiger partial charge in [0.2, 0.25) is 10.0 Å². The van der Waals surface area contributed by atoms with Gasteiger partial charge >= 0.3 is 5.97 Å². The highest BCUT2D eigenvalue weighted by Crippen LogP contribution is 2.44. The van der Waals surface area contributed by atoms with Crippen molar-refractivity contribution in [2.75, 3.05) is 20.7 Å². The molecule has 6 N–H and O–H groups in total. The molecule has 0 bridgehead atoms. The first-order valence-corrected chi connectivity index (χ1v) is 23.7. The van der Waals surface area contributed by atoms with E-state index < -0.39 is 118 Å². The van der Waals surface area contributed by atoms with E-state index in [0.29, 0.717) is 5.02 Å². The maximum Gasteiger partial charge on any atom is 0.311 e. The molecule has 18 atom stereocenters. The van der Waals surface area contributed by atoms with E-state index in [-0.39, 0.29) is 49.5 Å². The molecule has 360 valence electrons. The zero-order valence-electron chi connectivity index (χ0n) is 38.7. The fourth-order valence-electron chi connectivity index (χ4n) is 9.67. The first-order chi connectivity index (χ1) is 29.1. The Morgan fingerprint density at radius 2 is 1.62 bits per heavy atom. The number of halogens is 1. The van der Waals surface area contributed by atoms with Gasteiger partial charge in [-0.25, -0.2) is 8.42 Å². The van der Waals surface area contributed by atoms with Crippen LogP contribution in [0.5, 0.6) is 0 Å². The number of likely N-dealkylation sites (N-methyl/N-ethyl adjacent to an activating group) is 1. The van der Waals surface area contributed by atoms with Gasteiger partial charge in [-0.3, -0.25) is 4.79 Å². The molecule has 0 spiro atoms. The Balaban J connectivity index is 1.83. The molecule has 3 aliphatic heterocycles. The van der Waals surface area contributed by atoms with Gasteiger partial charge in [0.25, 0.3) is 0 Å². The van der Waals surface area contributed by atoms with Crippen LogP contribution in [0.2, 0.25) is 5.02 Å². The van der Waals surface area contributed by atoms with Gasteiger partial charge in [0.05, 0.1) is 59.4 Å². The summed E-state index contributed by atoms with van der Waals surface area (Å²) in [4.78, 5) is 14.4. The third-order valence-electron chi connectivity index (χ3n) is 13.8. The molecule has 63 heavy (non-hydrogen) atoms. The highest BCUT2D eigenvalue weighted by atomic mass is 35.5. The van der Waals surface area contributed by atoms with Crippen LogP contribution in [0.3, 0.4) is 0 Å². The smallest absolute Gasteiger partial charge is 0.311 e. The van der Waals surface area contributed by atoms with Crippen LogP contribution in [0.15, 0.2) is 29.2 Å². The number of esters is 1.